The SMILES string of the molecule is CC(O)CNC(=O)C1CC=CCC1c1nc2ccccc2s1. The van der Waals surface area contributed by atoms with Gasteiger partial charge in [0.15, 0.2) is 0 Å². The minimum Gasteiger partial charge on any atom is -0.392 e. The van der Waals surface area contributed by atoms with Gasteiger partial charge in [-0.25, -0.2) is 4.98 Å². The third-order valence-corrected chi connectivity index (χ3v) is 5.14. The maximum atomic E-state index is 12.4. The maximum absolute atomic E-state index is 12.4. The molecule has 2 N–H and O–H groups in total. The lowest BCUT2D eigenvalue weighted by Crippen LogP contribution is -2.38. The van der Waals surface area contributed by atoms with Gasteiger partial charge >= 0.3 is 0 Å². The zero-order valence-electron chi connectivity index (χ0n) is 12.5. The molecule has 1 aromatic heterocycles. The lowest BCUT2D eigenvalue weighted by Gasteiger charge is -2.26. The molecule has 4 nitrogen and oxygen atoms in total. The lowest BCUT2D eigenvalue weighted by atomic mass is 9.82. The van der Waals surface area contributed by atoms with E-state index in [1.165, 1.54) is 0 Å². The number of para-hydroxylation sites is 1. The number of nitrogens with zero attached hydrogens (tertiary/aromatic N) is 1. The fourth-order valence-corrected chi connectivity index (χ4v) is 3.95. The molecule has 0 spiro atoms. The van der Waals surface area contributed by atoms with Crippen LogP contribution in [-0.4, -0.2) is 28.6 Å². The molecule has 5 heteroatoms. The second kappa shape index (κ2) is 6.58. The van der Waals surface area contributed by atoms with Crippen LogP contribution in [0.25, 0.3) is 10.2 Å². The van der Waals surface area contributed by atoms with Crippen molar-refractivity contribution >= 4 is 27.5 Å². The van der Waals surface area contributed by atoms with Gasteiger partial charge in [-0.15, -0.1) is 11.3 Å². The van der Waals surface area contributed by atoms with Crippen molar-refractivity contribution in [3.8, 4) is 0 Å². The predicted octanol–water partition coefficient (Wildman–Crippen LogP) is 2.84. The first-order chi connectivity index (χ1) is 10.6. The molecule has 0 saturated heterocycles. The molecule has 3 unspecified atom stereocenters. The van der Waals surface area contributed by atoms with E-state index in [-0.39, 0.29) is 17.7 Å². The number of aliphatic hydroxyl groups excluding tert-OH is 1. The van der Waals surface area contributed by atoms with Gasteiger partial charge in [0.2, 0.25) is 5.91 Å². The summed E-state index contributed by atoms with van der Waals surface area (Å²) >= 11 is 1.67. The van der Waals surface area contributed by atoms with Crippen molar-refractivity contribution in [1.29, 1.82) is 0 Å². The summed E-state index contributed by atoms with van der Waals surface area (Å²) < 4.78 is 1.16. The minimum atomic E-state index is -0.524. The highest BCUT2D eigenvalue weighted by Crippen LogP contribution is 2.38. The van der Waals surface area contributed by atoms with Gasteiger partial charge < -0.3 is 10.4 Å². The second-order valence-corrected chi connectivity index (χ2v) is 6.83. The molecule has 0 aliphatic heterocycles. The van der Waals surface area contributed by atoms with E-state index in [1.807, 2.05) is 18.2 Å². The van der Waals surface area contributed by atoms with Crippen LogP contribution in [-0.2, 0) is 4.79 Å². The molecule has 1 aliphatic rings. The number of nitrogens with one attached hydrogen (secondary N) is 1. The third kappa shape index (κ3) is 3.20. The van der Waals surface area contributed by atoms with Gasteiger partial charge in [0, 0.05) is 12.5 Å². The van der Waals surface area contributed by atoms with E-state index >= 15 is 0 Å². The summed E-state index contributed by atoms with van der Waals surface area (Å²) in [5, 5.41) is 13.2. The van der Waals surface area contributed by atoms with E-state index in [0.717, 1.165) is 28.1 Å². The highest BCUT2D eigenvalue weighted by atomic mass is 32.1. The van der Waals surface area contributed by atoms with Gasteiger partial charge in [0.05, 0.1) is 27.2 Å². The quantitative estimate of drug-likeness (QED) is 0.853. The largest absolute Gasteiger partial charge is 0.392 e. The van der Waals surface area contributed by atoms with Crippen LogP contribution in [0.2, 0.25) is 0 Å². The van der Waals surface area contributed by atoms with Crippen LogP contribution in [0.4, 0.5) is 0 Å². The zero-order valence-corrected chi connectivity index (χ0v) is 13.3. The monoisotopic (exact) mass is 316 g/mol. The fourth-order valence-electron chi connectivity index (χ4n) is 2.80. The van der Waals surface area contributed by atoms with Crippen LogP contribution < -0.4 is 5.32 Å². The van der Waals surface area contributed by atoms with Crippen molar-refractivity contribution in [1.82, 2.24) is 10.3 Å². The fraction of sp³-hybridized carbons (Fsp3) is 0.412. The van der Waals surface area contributed by atoms with Gasteiger partial charge in [-0.3, -0.25) is 4.79 Å². The molecule has 1 heterocycles. The summed E-state index contributed by atoms with van der Waals surface area (Å²) in [4.78, 5) is 17.1. The van der Waals surface area contributed by atoms with Crippen molar-refractivity contribution in [3.63, 3.8) is 0 Å². The van der Waals surface area contributed by atoms with Crippen LogP contribution in [0, 0.1) is 5.92 Å². The first-order valence-electron chi connectivity index (χ1n) is 7.61. The smallest absolute Gasteiger partial charge is 0.224 e. The maximum Gasteiger partial charge on any atom is 0.224 e. The topological polar surface area (TPSA) is 62.2 Å². The lowest BCUT2D eigenvalue weighted by molar-refractivity contribution is -0.126. The Bertz CT molecular complexity index is 660. The molecule has 116 valence electrons. The molecule has 0 bridgehead atoms. The number of carbonyl (C=O) groups excluding carboxylic acids is 1. The summed E-state index contributed by atoms with van der Waals surface area (Å²) in [6, 6.07) is 8.07. The summed E-state index contributed by atoms with van der Waals surface area (Å²) in [6.07, 6.45) is 5.24. The molecule has 0 fully saturated rings. The number of carbonyl (C=O) groups is 1. The van der Waals surface area contributed by atoms with Crippen molar-refractivity contribution in [2.24, 2.45) is 5.92 Å². The average Bonchev–Trinajstić information content (AvgIpc) is 2.96. The normalized spacial score (nSPS) is 22.6. The molecule has 1 aromatic carbocycles. The number of benzene rings is 1. The second-order valence-electron chi connectivity index (χ2n) is 5.77. The zero-order chi connectivity index (χ0) is 15.5. The van der Waals surface area contributed by atoms with Crippen LogP contribution in [0.1, 0.15) is 30.7 Å². The van der Waals surface area contributed by atoms with Gasteiger partial charge in [-0.1, -0.05) is 24.3 Å². The number of rotatable bonds is 4. The Morgan fingerprint density at radius 2 is 2.18 bits per heavy atom. The Kier molecular flexibility index (Phi) is 4.55. The highest BCUT2D eigenvalue weighted by molar-refractivity contribution is 7.18. The molecular formula is C17H20N2O2S. The summed E-state index contributed by atoms with van der Waals surface area (Å²) in [6.45, 7) is 1.97. The molecule has 2 aromatic rings. The number of thiazole rings is 1. The van der Waals surface area contributed by atoms with E-state index in [0.29, 0.717) is 6.54 Å². The Morgan fingerprint density at radius 1 is 1.41 bits per heavy atom. The number of aliphatic hydroxyl groups is 1. The number of fused-ring (bicyclic) bond motifs is 1. The Morgan fingerprint density at radius 3 is 2.95 bits per heavy atom. The third-order valence-electron chi connectivity index (χ3n) is 3.97. The average molecular weight is 316 g/mol. The molecule has 3 rings (SSSR count). The summed E-state index contributed by atoms with van der Waals surface area (Å²) in [7, 11) is 0. The van der Waals surface area contributed by atoms with E-state index in [4.69, 9.17) is 4.98 Å². The highest BCUT2D eigenvalue weighted by Gasteiger charge is 2.32. The van der Waals surface area contributed by atoms with E-state index in [1.54, 1.807) is 18.3 Å². The number of amides is 1. The molecule has 0 saturated carbocycles. The van der Waals surface area contributed by atoms with Crippen molar-refractivity contribution in [3.05, 3.63) is 41.4 Å². The van der Waals surface area contributed by atoms with Crippen molar-refractivity contribution in [2.45, 2.75) is 31.8 Å². The van der Waals surface area contributed by atoms with Gasteiger partial charge in [0.25, 0.3) is 0 Å². The molecule has 22 heavy (non-hydrogen) atoms. The Labute approximate surface area is 133 Å². The number of hydrogen-bond donors (Lipinski definition) is 2. The Balaban J connectivity index is 1.83. The molecule has 0 radical (unpaired) electrons. The van der Waals surface area contributed by atoms with Crippen molar-refractivity contribution in [2.75, 3.05) is 6.54 Å². The number of aromatic nitrogens is 1. The molecular weight excluding hydrogens is 296 g/mol. The van der Waals surface area contributed by atoms with Gasteiger partial charge in [0.1, 0.15) is 0 Å². The van der Waals surface area contributed by atoms with E-state index < -0.39 is 6.10 Å². The molecule has 1 amide bonds. The van der Waals surface area contributed by atoms with Crippen LogP contribution in [0.5, 0.6) is 0 Å². The van der Waals surface area contributed by atoms with Crippen LogP contribution in [0.15, 0.2) is 36.4 Å². The summed E-state index contributed by atoms with van der Waals surface area (Å²) in [5.74, 6) is 0.0233. The van der Waals surface area contributed by atoms with Gasteiger partial charge in [-0.2, -0.15) is 0 Å². The Hall–Kier alpha value is -1.72. The predicted molar refractivity (Wildman–Crippen MR) is 88.9 cm³/mol. The molecule has 3 atom stereocenters. The minimum absolute atomic E-state index is 0.00880. The van der Waals surface area contributed by atoms with Crippen LogP contribution >= 0.6 is 11.3 Å². The van der Waals surface area contributed by atoms with Crippen LogP contribution in [0.3, 0.4) is 0 Å². The first kappa shape index (κ1) is 15.2. The van der Waals surface area contributed by atoms with Gasteiger partial charge in [-0.05, 0) is 31.9 Å². The first-order valence-corrected chi connectivity index (χ1v) is 8.43. The number of hydrogen-bond acceptors (Lipinski definition) is 4. The summed E-state index contributed by atoms with van der Waals surface area (Å²) in [5.41, 5.74) is 1.00. The standard InChI is InChI=1S/C17H20N2O2S/c1-11(20)10-18-16(21)12-6-2-3-7-13(12)17-19-14-8-4-5-9-15(14)22-17/h2-5,8-9,11-13,20H,6-7,10H2,1H3,(H,18,21). The van der Waals surface area contributed by atoms with E-state index in [2.05, 4.69) is 23.5 Å². The van der Waals surface area contributed by atoms with E-state index in [9.17, 15) is 9.90 Å². The van der Waals surface area contributed by atoms with Crippen molar-refractivity contribution < 1.29 is 9.90 Å². The molecule has 1 aliphatic carbocycles. The number of allylic oxidation sites excluding steroid dienone is 2.